The molecule has 3 aromatic rings. The average molecular weight is 523 g/mol. The van der Waals surface area contributed by atoms with Crippen LogP contribution in [0.25, 0.3) is 0 Å². The van der Waals surface area contributed by atoms with Gasteiger partial charge in [-0.05, 0) is 18.1 Å². The molecule has 1 aromatic heterocycles. The average Bonchev–Trinajstić information content (AvgIpc) is 2.92. The molecule has 0 aliphatic heterocycles. The Morgan fingerprint density at radius 2 is 1.53 bits per heavy atom. The molecule has 38 heavy (non-hydrogen) atoms. The van der Waals surface area contributed by atoms with E-state index in [1.807, 2.05) is 60.7 Å². The number of nitrogens with zero attached hydrogens (tertiary/aromatic N) is 2. The first-order valence-electron chi connectivity index (χ1n) is 11.6. The number of aromatic nitrogens is 2. The van der Waals surface area contributed by atoms with E-state index in [2.05, 4.69) is 34.8 Å². The topological polar surface area (TPSA) is 166 Å². The number of carbonyl (C=O) groups is 4. The largest absolute Gasteiger partial charge is 0.511 e. The zero-order chi connectivity index (χ0) is 27.3. The van der Waals surface area contributed by atoms with Crippen LogP contribution in [0.1, 0.15) is 51.5 Å². The normalized spacial score (nSPS) is 10.4. The second kappa shape index (κ2) is 13.9. The van der Waals surface area contributed by atoms with Crippen LogP contribution in [-0.2, 0) is 19.0 Å². The van der Waals surface area contributed by atoms with Gasteiger partial charge in [-0.15, -0.1) is 0 Å². The van der Waals surface area contributed by atoms with Gasteiger partial charge in [-0.3, -0.25) is 14.4 Å². The number of ether oxygens (including phenoxy) is 3. The molecule has 0 unspecified atom stereocenters. The lowest BCUT2D eigenvalue weighted by Crippen LogP contribution is -2.31. The van der Waals surface area contributed by atoms with Crippen molar-refractivity contribution in [3.63, 3.8) is 0 Å². The minimum absolute atomic E-state index is 0.115. The summed E-state index contributed by atoms with van der Waals surface area (Å²) in [6, 6.07) is 18.1. The van der Waals surface area contributed by atoms with Crippen molar-refractivity contribution in [2.45, 2.75) is 19.4 Å². The minimum atomic E-state index is -0.974. The Balaban J connectivity index is 1.56. The minimum Gasteiger partial charge on any atom is -0.493 e. The smallest absolute Gasteiger partial charge is 0.493 e. The van der Waals surface area contributed by atoms with E-state index >= 15 is 0 Å². The summed E-state index contributed by atoms with van der Waals surface area (Å²) in [5.41, 5.74) is 1.44. The van der Waals surface area contributed by atoms with Gasteiger partial charge in [0.05, 0.1) is 19.1 Å². The summed E-state index contributed by atoms with van der Waals surface area (Å²) < 4.78 is 13.7. The first-order chi connectivity index (χ1) is 18.4. The molecule has 0 bridgehead atoms. The van der Waals surface area contributed by atoms with Crippen LogP contribution < -0.4 is 10.6 Å². The molecular formula is C26H26N4O8. The summed E-state index contributed by atoms with van der Waals surface area (Å²) in [6.45, 7) is 0.944. The highest BCUT2D eigenvalue weighted by Crippen LogP contribution is 2.23. The van der Waals surface area contributed by atoms with Gasteiger partial charge in [0.1, 0.15) is 5.56 Å². The summed E-state index contributed by atoms with van der Waals surface area (Å²) in [5, 5.41) is 15.6. The summed E-state index contributed by atoms with van der Waals surface area (Å²) in [4.78, 5) is 55.5. The number of carbonyl (C=O) groups excluding carboxylic acids is 4. The third kappa shape index (κ3) is 8.01. The summed E-state index contributed by atoms with van der Waals surface area (Å²) in [7, 11) is 0. The predicted octanol–water partition coefficient (Wildman–Crippen LogP) is 2.50. The number of benzene rings is 2. The monoisotopic (exact) mass is 522 g/mol. The van der Waals surface area contributed by atoms with E-state index < -0.39 is 48.5 Å². The van der Waals surface area contributed by atoms with E-state index in [1.54, 1.807) is 6.92 Å². The molecular weight excluding hydrogens is 496 g/mol. The third-order valence-corrected chi connectivity index (χ3v) is 5.03. The van der Waals surface area contributed by atoms with Crippen LogP contribution in [0.15, 0.2) is 66.9 Å². The molecule has 0 saturated heterocycles. The van der Waals surface area contributed by atoms with Gasteiger partial charge in [-0.2, -0.15) is 4.98 Å². The van der Waals surface area contributed by atoms with E-state index in [4.69, 9.17) is 0 Å². The highest BCUT2D eigenvalue weighted by molar-refractivity contribution is 5.97. The van der Waals surface area contributed by atoms with Gasteiger partial charge in [0.2, 0.25) is 18.5 Å². The Labute approximate surface area is 218 Å². The standard InChI is InChI=1S/C26H26N4O8/c1-2-36-26(35)38-16-37-20(31)13-14-27-25(34)22-28-15-19(24(33)30-22)23(32)29-21(17-9-5-3-6-10-17)18-11-7-4-8-12-18/h3-12,15,21H,2,13-14,16H2,1H3,(H,27,34)(H,29,32)(H,28,30,33). The fourth-order valence-corrected chi connectivity index (χ4v) is 3.23. The molecule has 1 heterocycles. The van der Waals surface area contributed by atoms with Gasteiger partial charge < -0.3 is 30.0 Å². The lowest BCUT2D eigenvalue weighted by atomic mass is 9.98. The second-order valence-corrected chi connectivity index (χ2v) is 7.63. The van der Waals surface area contributed by atoms with Crippen LogP contribution in [-0.4, -0.2) is 59.0 Å². The molecule has 0 aliphatic carbocycles. The maximum atomic E-state index is 13.0. The molecule has 0 atom stereocenters. The fourth-order valence-electron chi connectivity index (χ4n) is 3.23. The van der Waals surface area contributed by atoms with Gasteiger partial charge in [0, 0.05) is 12.7 Å². The van der Waals surface area contributed by atoms with Crippen molar-refractivity contribution in [1.82, 2.24) is 20.6 Å². The van der Waals surface area contributed by atoms with E-state index in [9.17, 15) is 24.3 Å². The zero-order valence-corrected chi connectivity index (χ0v) is 20.5. The van der Waals surface area contributed by atoms with Crippen LogP contribution >= 0.6 is 0 Å². The van der Waals surface area contributed by atoms with Gasteiger partial charge in [0.25, 0.3) is 11.8 Å². The Hall–Kier alpha value is -5.00. The SMILES string of the molecule is CCOC(=O)OCOC(=O)CCNC(=O)c1ncc(C(=O)NC(c2ccccc2)c2ccccc2)c(O)n1. The highest BCUT2D eigenvalue weighted by Gasteiger charge is 2.22. The highest BCUT2D eigenvalue weighted by atomic mass is 16.8. The quantitative estimate of drug-likeness (QED) is 0.251. The number of esters is 1. The van der Waals surface area contributed by atoms with Crippen molar-refractivity contribution in [3.05, 3.63) is 89.4 Å². The van der Waals surface area contributed by atoms with Crippen molar-refractivity contribution in [1.29, 1.82) is 0 Å². The van der Waals surface area contributed by atoms with Crippen molar-refractivity contribution < 1.29 is 38.5 Å². The molecule has 12 heteroatoms. The van der Waals surface area contributed by atoms with Gasteiger partial charge >= 0.3 is 12.1 Å². The molecule has 2 aromatic carbocycles. The molecule has 3 N–H and O–H groups in total. The molecule has 2 amide bonds. The molecule has 0 saturated carbocycles. The first kappa shape index (κ1) is 27.6. The number of hydrogen-bond donors (Lipinski definition) is 3. The third-order valence-electron chi connectivity index (χ3n) is 5.03. The van der Waals surface area contributed by atoms with Gasteiger partial charge in [0.15, 0.2) is 0 Å². The number of rotatable bonds is 11. The Morgan fingerprint density at radius 1 is 0.895 bits per heavy atom. The van der Waals surface area contributed by atoms with E-state index in [-0.39, 0.29) is 25.1 Å². The van der Waals surface area contributed by atoms with Crippen LogP contribution in [0, 0.1) is 0 Å². The number of nitrogens with one attached hydrogen (secondary N) is 2. The van der Waals surface area contributed by atoms with Crippen LogP contribution in [0.3, 0.4) is 0 Å². The number of aromatic hydroxyl groups is 1. The van der Waals surface area contributed by atoms with E-state index in [0.29, 0.717) is 0 Å². The molecule has 0 fully saturated rings. The van der Waals surface area contributed by atoms with Crippen LogP contribution in [0.2, 0.25) is 0 Å². The van der Waals surface area contributed by atoms with Gasteiger partial charge in [-0.25, -0.2) is 9.78 Å². The molecule has 0 radical (unpaired) electrons. The Bertz CT molecular complexity index is 1220. The van der Waals surface area contributed by atoms with Gasteiger partial charge in [-0.1, -0.05) is 60.7 Å². The lowest BCUT2D eigenvalue weighted by Gasteiger charge is -2.20. The van der Waals surface area contributed by atoms with E-state index in [1.165, 1.54) is 0 Å². The van der Waals surface area contributed by atoms with Crippen molar-refractivity contribution in [3.8, 4) is 5.88 Å². The maximum Gasteiger partial charge on any atom is 0.511 e. The molecule has 3 rings (SSSR count). The van der Waals surface area contributed by atoms with Crippen molar-refractivity contribution in [2.75, 3.05) is 19.9 Å². The Kier molecular flexibility index (Phi) is 10.1. The van der Waals surface area contributed by atoms with Crippen LogP contribution in [0.5, 0.6) is 5.88 Å². The lowest BCUT2D eigenvalue weighted by molar-refractivity contribution is -0.153. The zero-order valence-electron chi connectivity index (χ0n) is 20.5. The first-order valence-corrected chi connectivity index (χ1v) is 11.6. The number of hydrogen-bond acceptors (Lipinski definition) is 10. The maximum absolute atomic E-state index is 13.0. The summed E-state index contributed by atoms with van der Waals surface area (Å²) in [5.74, 6) is -3.25. The predicted molar refractivity (Wildman–Crippen MR) is 132 cm³/mol. The summed E-state index contributed by atoms with van der Waals surface area (Å²) >= 11 is 0. The van der Waals surface area contributed by atoms with Crippen molar-refractivity contribution in [2.24, 2.45) is 0 Å². The molecule has 198 valence electrons. The fraction of sp³-hybridized carbons (Fsp3) is 0.231. The molecule has 0 aliphatic rings. The molecule has 0 spiro atoms. The Morgan fingerprint density at radius 3 is 2.11 bits per heavy atom. The molecule has 12 nitrogen and oxygen atoms in total. The summed E-state index contributed by atoms with van der Waals surface area (Å²) in [6.07, 6.45) is -0.163. The van der Waals surface area contributed by atoms with Crippen molar-refractivity contribution >= 4 is 23.9 Å². The second-order valence-electron chi connectivity index (χ2n) is 7.63. The van der Waals surface area contributed by atoms with Crippen LogP contribution in [0.4, 0.5) is 4.79 Å². The number of amides is 2. The van der Waals surface area contributed by atoms with E-state index in [0.717, 1.165) is 17.3 Å².